The summed E-state index contributed by atoms with van der Waals surface area (Å²) in [6.07, 6.45) is 9.19. The highest BCUT2D eigenvalue weighted by Gasteiger charge is 2.14. The molecule has 4 aromatic rings. The smallest absolute Gasteiger partial charge is 0.119 e. The maximum Gasteiger partial charge on any atom is 0.119 e. The Morgan fingerprint density at radius 1 is 0.882 bits per heavy atom. The minimum Gasteiger partial charge on any atom is -0.493 e. The first-order valence-electron chi connectivity index (χ1n) is 12.0. The number of aromatic nitrogens is 2. The first-order valence-corrected chi connectivity index (χ1v) is 12.7. The van der Waals surface area contributed by atoms with Crippen LogP contribution in [0.25, 0.3) is 22.4 Å². The van der Waals surface area contributed by atoms with Crippen LogP contribution in [-0.4, -0.2) is 16.6 Å². The third kappa shape index (κ3) is 5.65. The van der Waals surface area contributed by atoms with Gasteiger partial charge in [0.05, 0.1) is 23.5 Å². The lowest BCUT2D eigenvalue weighted by atomic mass is 9.90. The van der Waals surface area contributed by atoms with Crippen molar-refractivity contribution in [1.82, 2.24) is 9.97 Å². The van der Waals surface area contributed by atoms with E-state index in [1.165, 1.54) is 48.8 Å². The Labute approximate surface area is 211 Å². The molecular weight excluding hydrogens is 463 g/mol. The van der Waals surface area contributed by atoms with E-state index in [1.807, 2.05) is 18.3 Å². The van der Waals surface area contributed by atoms with Gasteiger partial charge in [-0.15, -0.1) is 0 Å². The molecule has 1 fully saturated rings. The number of hydrogen-bond acceptors (Lipinski definition) is 2. The Kier molecular flexibility index (Phi) is 7.22. The van der Waals surface area contributed by atoms with Crippen LogP contribution in [-0.2, 0) is 6.42 Å². The Morgan fingerprint density at radius 3 is 2.50 bits per heavy atom. The molecule has 1 heterocycles. The number of imidazole rings is 1. The molecule has 0 saturated heterocycles. The summed E-state index contributed by atoms with van der Waals surface area (Å²) in [6.45, 7) is 0.828. The number of nitrogens with zero attached hydrogens (tertiary/aromatic N) is 1. The van der Waals surface area contributed by atoms with Crippen LogP contribution in [0.1, 0.15) is 43.5 Å². The van der Waals surface area contributed by atoms with E-state index in [9.17, 15) is 0 Å². The molecule has 0 amide bonds. The van der Waals surface area contributed by atoms with Gasteiger partial charge in [-0.2, -0.15) is 0 Å². The molecule has 0 spiro atoms. The Morgan fingerprint density at radius 2 is 1.71 bits per heavy atom. The number of aromatic amines is 1. The van der Waals surface area contributed by atoms with Gasteiger partial charge in [0, 0.05) is 17.0 Å². The monoisotopic (exact) mass is 490 g/mol. The maximum absolute atomic E-state index is 6.34. The lowest BCUT2D eigenvalue weighted by Crippen LogP contribution is -2.15. The first kappa shape index (κ1) is 23.0. The first-order chi connectivity index (χ1) is 16.6. The zero-order valence-electron chi connectivity index (χ0n) is 19.1. The van der Waals surface area contributed by atoms with Crippen molar-refractivity contribution in [2.75, 3.05) is 6.61 Å². The second-order valence-corrected chi connectivity index (χ2v) is 9.93. The van der Waals surface area contributed by atoms with Crippen LogP contribution in [0.2, 0.25) is 10.0 Å². The number of nitrogens with one attached hydrogen (secondary N) is 1. The minimum absolute atomic E-state index is 0.608. The van der Waals surface area contributed by atoms with Gasteiger partial charge in [-0.1, -0.05) is 78.9 Å². The van der Waals surface area contributed by atoms with Crippen molar-refractivity contribution in [3.05, 3.63) is 94.4 Å². The molecule has 0 aliphatic heterocycles. The molecule has 3 nitrogen and oxygen atoms in total. The predicted molar refractivity (Wildman–Crippen MR) is 141 cm³/mol. The second kappa shape index (κ2) is 10.7. The largest absolute Gasteiger partial charge is 0.493 e. The summed E-state index contributed by atoms with van der Waals surface area (Å²) in [5.74, 6) is 2.55. The fourth-order valence-corrected chi connectivity index (χ4v) is 5.15. The van der Waals surface area contributed by atoms with Gasteiger partial charge in [0.1, 0.15) is 11.6 Å². The quantitative estimate of drug-likeness (QED) is 0.281. The van der Waals surface area contributed by atoms with Crippen LogP contribution in [0.4, 0.5) is 0 Å². The van der Waals surface area contributed by atoms with E-state index < -0.39 is 0 Å². The van der Waals surface area contributed by atoms with Gasteiger partial charge < -0.3 is 9.72 Å². The van der Waals surface area contributed by atoms with Crippen molar-refractivity contribution in [3.63, 3.8) is 0 Å². The van der Waals surface area contributed by atoms with Crippen LogP contribution in [0.5, 0.6) is 5.75 Å². The highest BCUT2D eigenvalue weighted by Crippen LogP contribution is 2.30. The molecule has 0 atom stereocenters. The van der Waals surface area contributed by atoms with E-state index >= 15 is 0 Å². The molecule has 34 heavy (non-hydrogen) atoms. The van der Waals surface area contributed by atoms with Gasteiger partial charge in [-0.05, 0) is 65.8 Å². The fourth-order valence-electron chi connectivity index (χ4n) is 4.64. The predicted octanol–water partition coefficient (Wildman–Crippen LogP) is 8.60. The molecular formula is C29H28Cl2N2O. The summed E-state index contributed by atoms with van der Waals surface area (Å²) >= 11 is 12.4. The van der Waals surface area contributed by atoms with Crippen molar-refractivity contribution < 1.29 is 4.74 Å². The molecule has 5 heteroatoms. The van der Waals surface area contributed by atoms with E-state index in [1.54, 1.807) is 6.07 Å². The van der Waals surface area contributed by atoms with Crippen LogP contribution in [0.15, 0.2) is 72.9 Å². The van der Waals surface area contributed by atoms with Gasteiger partial charge >= 0.3 is 0 Å². The van der Waals surface area contributed by atoms with Crippen LogP contribution in [0.3, 0.4) is 0 Å². The van der Waals surface area contributed by atoms with Gasteiger partial charge in [-0.3, -0.25) is 0 Å². The standard InChI is InChI=1S/C29H28Cl2N2O/c30-24-13-14-26(27(31)17-24)28-18-32-29(33-28)15-20-9-11-22(12-10-20)23-7-4-8-25(16-23)34-19-21-5-2-1-3-6-21/h4,7-14,16-18,21H,1-3,5-6,15,19H2,(H,32,33). The Bertz CT molecular complexity index is 1240. The van der Waals surface area contributed by atoms with Gasteiger partial charge in [0.25, 0.3) is 0 Å². The van der Waals surface area contributed by atoms with Crippen molar-refractivity contribution in [1.29, 1.82) is 0 Å². The van der Waals surface area contributed by atoms with Crippen LogP contribution < -0.4 is 4.74 Å². The molecule has 1 saturated carbocycles. The molecule has 5 rings (SSSR count). The lowest BCUT2D eigenvalue weighted by molar-refractivity contribution is 0.209. The molecule has 1 aliphatic carbocycles. The zero-order chi connectivity index (χ0) is 23.3. The molecule has 174 valence electrons. The van der Waals surface area contributed by atoms with Crippen LogP contribution >= 0.6 is 23.2 Å². The normalized spacial score (nSPS) is 14.3. The van der Waals surface area contributed by atoms with Crippen molar-refractivity contribution in [2.45, 2.75) is 38.5 Å². The molecule has 0 unspecified atom stereocenters. The van der Waals surface area contributed by atoms with E-state index in [2.05, 4.69) is 58.5 Å². The molecule has 3 aromatic carbocycles. The minimum atomic E-state index is 0.608. The number of ether oxygens (including phenoxy) is 1. The fraction of sp³-hybridized carbons (Fsp3) is 0.276. The van der Waals surface area contributed by atoms with Gasteiger partial charge in [0.2, 0.25) is 0 Å². The van der Waals surface area contributed by atoms with Crippen molar-refractivity contribution in [2.24, 2.45) is 5.92 Å². The van der Waals surface area contributed by atoms with Crippen LogP contribution in [0, 0.1) is 5.92 Å². The summed E-state index contributed by atoms with van der Waals surface area (Å²) in [7, 11) is 0. The molecule has 1 aromatic heterocycles. The van der Waals surface area contributed by atoms with Crippen molar-refractivity contribution in [3.8, 4) is 28.1 Å². The number of hydrogen-bond donors (Lipinski definition) is 1. The van der Waals surface area contributed by atoms with Gasteiger partial charge in [0.15, 0.2) is 0 Å². The zero-order valence-corrected chi connectivity index (χ0v) is 20.6. The number of halogens is 2. The third-order valence-electron chi connectivity index (χ3n) is 6.55. The average Bonchev–Trinajstić information content (AvgIpc) is 3.32. The number of rotatable bonds is 7. The topological polar surface area (TPSA) is 37.9 Å². The molecule has 0 bridgehead atoms. The lowest BCUT2D eigenvalue weighted by Gasteiger charge is -2.21. The van der Waals surface area contributed by atoms with Gasteiger partial charge in [-0.25, -0.2) is 4.98 Å². The summed E-state index contributed by atoms with van der Waals surface area (Å²) in [6, 6.07) is 22.5. The Hall–Kier alpha value is -2.75. The van der Waals surface area contributed by atoms with E-state index in [0.29, 0.717) is 16.0 Å². The van der Waals surface area contributed by atoms with Crippen molar-refractivity contribution >= 4 is 23.2 Å². The Balaban J connectivity index is 1.23. The summed E-state index contributed by atoms with van der Waals surface area (Å²) in [5.41, 5.74) is 5.32. The van der Waals surface area contributed by atoms with E-state index in [-0.39, 0.29) is 0 Å². The number of H-pyrrole nitrogens is 1. The van der Waals surface area contributed by atoms with E-state index in [4.69, 9.17) is 27.9 Å². The molecule has 1 N–H and O–H groups in total. The molecule has 0 radical (unpaired) electrons. The number of benzene rings is 3. The summed E-state index contributed by atoms with van der Waals surface area (Å²) < 4.78 is 6.13. The average molecular weight is 491 g/mol. The van der Waals surface area contributed by atoms with E-state index in [0.717, 1.165) is 35.9 Å². The summed E-state index contributed by atoms with van der Waals surface area (Å²) in [5, 5.41) is 1.23. The highest BCUT2D eigenvalue weighted by molar-refractivity contribution is 6.36. The SMILES string of the molecule is Clc1ccc(-c2cnc(Cc3ccc(-c4cccc(OCC5CCCCC5)c4)cc3)[nH]2)c(Cl)c1. The highest BCUT2D eigenvalue weighted by atomic mass is 35.5. The third-order valence-corrected chi connectivity index (χ3v) is 7.10. The summed E-state index contributed by atoms with van der Waals surface area (Å²) in [4.78, 5) is 7.92. The maximum atomic E-state index is 6.34. The second-order valence-electron chi connectivity index (χ2n) is 9.08. The molecule has 1 aliphatic rings.